The summed E-state index contributed by atoms with van der Waals surface area (Å²) in [6, 6.07) is 1.87. The van der Waals surface area contributed by atoms with Crippen molar-refractivity contribution in [1.29, 1.82) is 0 Å². The van der Waals surface area contributed by atoms with E-state index in [1.165, 1.54) is 11.3 Å². The second-order valence-electron chi connectivity index (χ2n) is 3.48. The minimum Gasteiger partial charge on any atom is -0.295 e. The molecule has 0 amide bonds. The van der Waals surface area contributed by atoms with Crippen LogP contribution >= 0.6 is 22.9 Å². The van der Waals surface area contributed by atoms with E-state index in [-0.39, 0.29) is 6.54 Å². The van der Waals surface area contributed by atoms with Crippen molar-refractivity contribution < 1.29 is 4.39 Å². The van der Waals surface area contributed by atoms with E-state index in [4.69, 9.17) is 11.6 Å². The summed E-state index contributed by atoms with van der Waals surface area (Å²) in [5.74, 6) is -1.14. The smallest absolute Gasteiger partial charge is 0.295 e. The van der Waals surface area contributed by atoms with E-state index in [0.29, 0.717) is 0 Å². The van der Waals surface area contributed by atoms with Crippen LogP contribution in [0, 0.1) is 12.7 Å². The molecule has 0 atom stereocenters. The molecule has 7 heteroatoms. The van der Waals surface area contributed by atoms with Crippen LogP contribution in [0.15, 0.2) is 21.0 Å². The SMILES string of the molecule is Cc1ccsc1Cn1c(=O)[nH]c(Cl)c(F)c1=O. The lowest BCUT2D eigenvalue weighted by atomic mass is 10.3. The molecular formula is C10H8ClFN2O2S. The Kier molecular flexibility index (Phi) is 3.17. The molecule has 1 N–H and O–H groups in total. The van der Waals surface area contributed by atoms with Crippen molar-refractivity contribution >= 4 is 22.9 Å². The van der Waals surface area contributed by atoms with Gasteiger partial charge in [-0.15, -0.1) is 11.3 Å². The molecule has 0 aromatic carbocycles. The zero-order valence-corrected chi connectivity index (χ0v) is 10.4. The molecule has 90 valence electrons. The summed E-state index contributed by atoms with van der Waals surface area (Å²) in [7, 11) is 0. The van der Waals surface area contributed by atoms with E-state index >= 15 is 0 Å². The van der Waals surface area contributed by atoms with Crippen molar-refractivity contribution in [3.05, 3.63) is 53.7 Å². The average molecular weight is 275 g/mol. The molecule has 0 saturated carbocycles. The zero-order valence-electron chi connectivity index (χ0n) is 8.79. The van der Waals surface area contributed by atoms with Crippen LogP contribution in [-0.4, -0.2) is 9.55 Å². The van der Waals surface area contributed by atoms with Crippen LogP contribution < -0.4 is 11.2 Å². The van der Waals surface area contributed by atoms with Crippen LogP contribution in [0.3, 0.4) is 0 Å². The maximum absolute atomic E-state index is 13.3. The number of halogens is 2. The lowest BCUT2D eigenvalue weighted by Gasteiger charge is -2.04. The topological polar surface area (TPSA) is 54.9 Å². The summed E-state index contributed by atoms with van der Waals surface area (Å²) in [5, 5.41) is 1.29. The molecule has 0 radical (unpaired) electrons. The monoisotopic (exact) mass is 274 g/mol. The average Bonchev–Trinajstić information content (AvgIpc) is 2.67. The predicted molar refractivity (Wildman–Crippen MR) is 64.4 cm³/mol. The third kappa shape index (κ3) is 2.18. The lowest BCUT2D eigenvalue weighted by Crippen LogP contribution is -2.37. The highest BCUT2D eigenvalue weighted by Gasteiger charge is 2.13. The Labute approximate surface area is 104 Å². The third-order valence-corrected chi connectivity index (χ3v) is 3.63. The molecule has 0 saturated heterocycles. The molecule has 0 fully saturated rings. The third-order valence-electron chi connectivity index (χ3n) is 2.36. The first-order valence-corrected chi connectivity index (χ1v) is 5.97. The molecule has 0 spiro atoms. The van der Waals surface area contributed by atoms with Gasteiger partial charge < -0.3 is 0 Å². The number of nitrogens with zero attached hydrogens (tertiary/aromatic N) is 1. The summed E-state index contributed by atoms with van der Waals surface area (Å²) in [6.45, 7) is 1.91. The van der Waals surface area contributed by atoms with Crippen LogP contribution in [0.1, 0.15) is 10.4 Å². The van der Waals surface area contributed by atoms with Crippen molar-refractivity contribution in [2.45, 2.75) is 13.5 Å². The summed E-state index contributed by atoms with van der Waals surface area (Å²) >= 11 is 6.77. The number of hydrogen-bond acceptors (Lipinski definition) is 3. The summed E-state index contributed by atoms with van der Waals surface area (Å²) in [4.78, 5) is 26.0. The number of aromatic amines is 1. The minimum atomic E-state index is -1.14. The van der Waals surface area contributed by atoms with E-state index in [1.807, 2.05) is 18.4 Å². The molecular weight excluding hydrogens is 267 g/mol. The fourth-order valence-electron chi connectivity index (χ4n) is 1.37. The van der Waals surface area contributed by atoms with E-state index in [0.717, 1.165) is 15.0 Å². The predicted octanol–water partition coefficient (Wildman–Crippen LogP) is 1.75. The maximum Gasteiger partial charge on any atom is 0.329 e. The Morgan fingerprint density at radius 1 is 1.53 bits per heavy atom. The number of nitrogens with one attached hydrogen (secondary N) is 1. The highest BCUT2D eigenvalue weighted by molar-refractivity contribution is 7.10. The van der Waals surface area contributed by atoms with Gasteiger partial charge in [-0.2, -0.15) is 4.39 Å². The number of hydrogen-bond donors (Lipinski definition) is 1. The summed E-state index contributed by atoms with van der Waals surface area (Å²) in [6.07, 6.45) is 0. The maximum atomic E-state index is 13.3. The highest BCUT2D eigenvalue weighted by atomic mass is 35.5. The summed E-state index contributed by atoms with van der Waals surface area (Å²) in [5.41, 5.74) is -0.766. The number of aryl methyl sites for hydroxylation is 1. The second-order valence-corrected chi connectivity index (χ2v) is 4.85. The van der Waals surface area contributed by atoms with Gasteiger partial charge in [0.15, 0.2) is 5.15 Å². The molecule has 2 aromatic rings. The zero-order chi connectivity index (χ0) is 12.6. The number of rotatable bonds is 2. The van der Waals surface area contributed by atoms with E-state index in [2.05, 4.69) is 4.98 Å². The Bertz CT molecular complexity index is 674. The fourth-order valence-corrected chi connectivity index (χ4v) is 2.43. The van der Waals surface area contributed by atoms with Gasteiger partial charge in [0.1, 0.15) is 0 Å². The normalized spacial score (nSPS) is 10.8. The molecule has 0 aliphatic rings. The van der Waals surface area contributed by atoms with E-state index in [1.54, 1.807) is 0 Å². The van der Waals surface area contributed by atoms with Gasteiger partial charge in [0.25, 0.3) is 5.56 Å². The van der Waals surface area contributed by atoms with Crippen LogP contribution in [0.25, 0.3) is 0 Å². The van der Waals surface area contributed by atoms with E-state index < -0.39 is 22.2 Å². The van der Waals surface area contributed by atoms with Crippen molar-refractivity contribution in [3.63, 3.8) is 0 Å². The number of H-pyrrole nitrogens is 1. The number of aromatic nitrogens is 2. The molecule has 2 rings (SSSR count). The van der Waals surface area contributed by atoms with E-state index in [9.17, 15) is 14.0 Å². The molecule has 0 unspecified atom stereocenters. The molecule has 17 heavy (non-hydrogen) atoms. The Morgan fingerprint density at radius 3 is 2.82 bits per heavy atom. The molecule has 2 aromatic heterocycles. The Morgan fingerprint density at radius 2 is 2.24 bits per heavy atom. The highest BCUT2D eigenvalue weighted by Crippen LogP contribution is 2.15. The first kappa shape index (κ1) is 12.1. The largest absolute Gasteiger partial charge is 0.329 e. The fraction of sp³-hybridized carbons (Fsp3) is 0.200. The molecule has 0 bridgehead atoms. The Hall–Kier alpha value is -1.40. The molecule has 2 heterocycles. The minimum absolute atomic E-state index is 0.0474. The van der Waals surface area contributed by atoms with Crippen LogP contribution in [0.2, 0.25) is 5.15 Å². The lowest BCUT2D eigenvalue weighted by molar-refractivity contribution is 0.559. The van der Waals surface area contributed by atoms with Gasteiger partial charge in [-0.3, -0.25) is 14.3 Å². The van der Waals surface area contributed by atoms with Gasteiger partial charge >= 0.3 is 5.69 Å². The van der Waals surface area contributed by atoms with Gasteiger partial charge in [0.05, 0.1) is 6.54 Å². The van der Waals surface area contributed by atoms with Crippen LogP contribution in [0.4, 0.5) is 4.39 Å². The van der Waals surface area contributed by atoms with Gasteiger partial charge in [-0.1, -0.05) is 11.6 Å². The van der Waals surface area contributed by atoms with Gasteiger partial charge in [0, 0.05) is 4.88 Å². The first-order chi connectivity index (χ1) is 8.00. The standard InChI is InChI=1S/C10H8ClFN2O2S/c1-5-2-3-17-6(5)4-14-9(15)7(12)8(11)13-10(14)16/h2-3H,4H2,1H3,(H,13,16). The first-order valence-electron chi connectivity index (χ1n) is 4.72. The van der Waals surface area contributed by atoms with Gasteiger partial charge in [-0.25, -0.2) is 4.79 Å². The second kappa shape index (κ2) is 4.46. The molecule has 0 aliphatic carbocycles. The Balaban J connectivity index is 2.55. The van der Waals surface area contributed by atoms with Crippen molar-refractivity contribution in [3.8, 4) is 0 Å². The van der Waals surface area contributed by atoms with Gasteiger partial charge in [0.2, 0.25) is 5.82 Å². The molecule has 4 nitrogen and oxygen atoms in total. The van der Waals surface area contributed by atoms with Gasteiger partial charge in [-0.05, 0) is 23.9 Å². The van der Waals surface area contributed by atoms with Crippen molar-refractivity contribution in [2.75, 3.05) is 0 Å². The quantitative estimate of drug-likeness (QED) is 0.848. The van der Waals surface area contributed by atoms with Crippen LogP contribution in [0.5, 0.6) is 0 Å². The van der Waals surface area contributed by atoms with Crippen molar-refractivity contribution in [2.24, 2.45) is 0 Å². The van der Waals surface area contributed by atoms with Crippen molar-refractivity contribution in [1.82, 2.24) is 9.55 Å². The number of thiophene rings is 1. The molecule has 0 aliphatic heterocycles. The summed E-state index contributed by atoms with van der Waals surface area (Å²) < 4.78 is 14.1. The van der Waals surface area contributed by atoms with Crippen LogP contribution in [-0.2, 0) is 6.54 Å².